The molecule has 2 fully saturated rings. The molecule has 0 saturated carbocycles. The van der Waals surface area contributed by atoms with Crippen molar-refractivity contribution in [1.82, 2.24) is 9.80 Å². The summed E-state index contributed by atoms with van der Waals surface area (Å²) in [4.78, 5) is 5.00. The van der Waals surface area contributed by atoms with Gasteiger partial charge in [0.2, 0.25) is 0 Å². The minimum atomic E-state index is 0.459. The monoisotopic (exact) mass is 183 g/mol. The first-order chi connectivity index (χ1) is 6.25. The smallest absolute Gasteiger partial charge is 0.0297 e. The van der Waals surface area contributed by atoms with Gasteiger partial charge in [-0.25, -0.2) is 0 Å². The van der Waals surface area contributed by atoms with Crippen molar-refractivity contribution < 1.29 is 0 Å². The fourth-order valence-corrected chi connectivity index (χ4v) is 2.43. The van der Waals surface area contributed by atoms with Gasteiger partial charge in [0.1, 0.15) is 0 Å². The van der Waals surface area contributed by atoms with Gasteiger partial charge in [0.05, 0.1) is 0 Å². The van der Waals surface area contributed by atoms with E-state index in [0.29, 0.717) is 6.04 Å². The summed E-state index contributed by atoms with van der Waals surface area (Å²) in [6.45, 7) is 4.80. The second-order valence-electron chi connectivity index (χ2n) is 4.60. The lowest BCUT2D eigenvalue weighted by Gasteiger charge is -2.42. The van der Waals surface area contributed by atoms with Crippen LogP contribution in [0.2, 0.25) is 0 Å². The predicted molar refractivity (Wildman–Crippen MR) is 54.7 cm³/mol. The Balaban J connectivity index is 1.79. The van der Waals surface area contributed by atoms with E-state index in [-0.39, 0.29) is 0 Å². The first kappa shape index (κ1) is 9.44. The van der Waals surface area contributed by atoms with Crippen molar-refractivity contribution in [2.75, 3.05) is 33.2 Å². The van der Waals surface area contributed by atoms with Crippen molar-refractivity contribution in [1.29, 1.82) is 0 Å². The van der Waals surface area contributed by atoms with Crippen LogP contribution < -0.4 is 5.73 Å². The summed E-state index contributed by atoms with van der Waals surface area (Å²) in [7, 11) is 2.23. The van der Waals surface area contributed by atoms with Crippen LogP contribution in [0.25, 0.3) is 0 Å². The molecule has 3 heteroatoms. The van der Waals surface area contributed by atoms with Gasteiger partial charge in [-0.3, -0.25) is 4.90 Å². The zero-order valence-electron chi connectivity index (χ0n) is 8.58. The van der Waals surface area contributed by atoms with E-state index >= 15 is 0 Å². The van der Waals surface area contributed by atoms with Gasteiger partial charge in [0.25, 0.3) is 0 Å². The molecule has 3 nitrogen and oxygen atoms in total. The van der Waals surface area contributed by atoms with Gasteiger partial charge >= 0.3 is 0 Å². The lowest BCUT2D eigenvalue weighted by Crippen LogP contribution is -2.59. The maximum absolute atomic E-state index is 5.79. The zero-order chi connectivity index (χ0) is 9.26. The van der Waals surface area contributed by atoms with E-state index in [0.717, 1.165) is 19.1 Å². The van der Waals surface area contributed by atoms with Gasteiger partial charge in [0.15, 0.2) is 0 Å². The van der Waals surface area contributed by atoms with Crippen molar-refractivity contribution in [3.05, 3.63) is 0 Å². The summed E-state index contributed by atoms with van der Waals surface area (Å²) < 4.78 is 0. The van der Waals surface area contributed by atoms with Crippen LogP contribution >= 0.6 is 0 Å². The lowest BCUT2D eigenvalue weighted by atomic mass is 10.0. The molecule has 1 atom stereocenters. The molecule has 13 heavy (non-hydrogen) atoms. The maximum Gasteiger partial charge on any atom is 0.0297 e. The minimum Gasteiger partial charge on any atom is -0.325 e. The quantitative estimate of drug-likeness (QED) is 0.626. The van der Waals surface area contributed by atoms with Crippen LogP contribution in [0.3, 0.4) is 0 Å². The average Bonchev–Trinajstić information content (AvgIpc) is 2.25. The highest BCUT2D eigenvalue weighted by Gasteiger charge is 2.30. The molecule has 2 heterocycles. The molecule has 2 aliphatic heterocycles. The summed E-state index contributed by atoms with van der Waals surface area (Å²) in [5.41, 5.74) is 5.79. The Bertz CT molecular complexity index is 166. The fraction of sp³-hybridized carbons (Fsp3) is 1.00. The molecule has 0 amide bonds. The highest BCUT2D eigenvalue weighted by Crippen LogP contribution is 2.20. The zero-order valence-corrected chi connectivity index (χ0v) is 8.58. The van der Waals surface area contributed by atoms with E-state index < -0.39 is 0 Å². The number of rotatable bonds is 1. The van der Waals surface area contributed by atoms with E-state index in [1.807, 2.05) is 0 Å². The molecular weight excluding hydrogens is 162 g/mol. The molecule has 0 bridgehead atoms. The van der Waals surface area contributed by atoms with E-state index in [2.05, 4.69) is 16.8 Å². The molecular formula is C10H21N3. The molecule has 2 rings (SSSR count). The topological polar surface area (TPSA) is 32.5 Å². The molecule has 0 aromatic carbocycles. The van der Waals surface area contributed by atoms with Crippen molar-refractivity contribution in [3.63, 3.8) is 0 Å². The van der Waals surface area contributed by atoms with Crippen LogP contribution in [0.1, 0.15) is 19.3 Å². The Morgan fingerprint density at radius 1 is 1.15 bits per heavy atom. The van der Waals surface area contributed by atoms with Gasteiger partial charge in [-0.2, -0.15) is 0 Å². The molecule has 76 valence electrons. The summed E-state index contributed by atoms with van der Waals surface area (Å²) in [6.07, 6.45) is 4.06. The van der Waals surface area contributed by atoms with Crippen LogP contribution in [0.5, 0.6) is 0 Å². The van der Waals surface area contributed by atoms with Crippen molar-refractivity contribution in [2.24, 2.45) is 5.73 Å². The number of hydrogen-bond acceptors (Lipinski definition) is 3. The molecule has 2 aliphatic rings. The van der Waals surface area contributed by atoms with Crippen LogP contribution in [0.15, 0.2) is 0 Å². The predicted octanol–water partition coefficient (Wildman–Crippen LogP) is 0.114. The van der Waals surface area contributed by atoms with Crippen LogP contribution in [0, 0.1) is 0 Å². The van der Waals surface area contributed by atoms with Gasteiger partial charge in [0, 0.05) is 25.2 Å². The molecule has 1 unspecified atom stereocenters. The third-order valence-electron chi connectivity index (χ3n) is 3.38. The summed E-state index contributed by atoms with van der Waals surface area (Å²) in [5.74, 6) is 0. The third-order valence-corrected chi connectivity index (χ3v) is 3.38. The highest BCUT2D eigenvalue weighted by molar-refractivity contribution is 4.89. The van der Waals surface area contributed by atoms with Crippen LogP contribution in [-0.4, -0.2) is 55.1 Å². The molecule has 0 aromatic rings. The van der Waals surface area contributed by atoms with Crippen molar-refractivity contribution in [3.8, 4) is 0 Å². The molecule has 0 radical (unpaired) electrons. The maximum atomic E-state index is 5.79. The fourth-order valence-electron chi connectivity index (χ4n) is 2.43. The van der Waals surface area contributed by atoms with Gasteiger partial charge in [-0.05, 0) is 39.4 Å². The molecule has 0 spiro atoms. The average molecular weight is 183 g/mol. The Labute approximate surface area is 80.9 Å². The van der Waals surface area contributed by atoms with Crippen LogP contribution in [-0.2, 0) is 0 Å². The number of hydrogen-bond donors (Lipinski definition) is 1. The Morgan fingerprint density at radius 3 is 2.62 bits per heavy atom. The summed E-state index contributed by atoms with van der Waals surface area (Å²) >= 11 is 0. The highest BCUT2D eigenvalue weighted by atomic mass is 15.2. The van der Waals surface area contributed by atoms with Gasteiger partial charge < -0.3 is 10.6 Å². The molecule has 2 saturated heterocycles. The molecule has 2 N–H and O–H groups in total. The standard InChI is InChI=1S/C10H21N3/c1-12-5-2-3-10(4-6-12)13-7-9(11)8-13/h9-10H,2-8,11H2,1H3. The summed E-state index contributed by atoms with van der Waals surface area (Å²) in [6, 6.07) is 1.28. The second-order valence-corrected chi connectivity index (χ2v) is 4.60. The first-order valence-corrected chi connectivity index (χ1v) is 5.44. The summed E-state index contributed by atoms with van der Waals surface area (Å²) in [5, 5.41) is 0. The Morgan fingerprint density at radius 2 is 1.92 bits per heavy atom. The largest absolute Gasteiger partial charge is 0.325 e. The minimum absolute atomic E-state index is 0.459. The van der Waals surface area contributed by atoms with E-state index in [9.17, 15) is 0 Å². The Hall–Kier alpha value is -0.120. The SMILES string of the molecule is CN1CCCC(N2CC(N)C2)CC1. The second kappa shape index (κ2) is 3.95. The van der Waals surface area contributed by atoms with Gasteiger partial charge in [-0.1, -0.05) is 0 Å². The first-order valence-electron chi connectivity index (χ1n) is 5.44. The number of nitrogens with two attached hydrogens (primary N) is 1. The lowest BCUT2D eigenvalue weighted by molar-refractivity contribution is 0.0850. The van der Waals surface area contributed by atoms with Crippen molar-refractivity contribution >= 4 is 0 Å². The van der Waals surface area contributed by atoms with Gasteiger partial charge in [-0.15, -0.1) is 0 Å². The van der Waals surface area contributed by atoms with E-state index in [1.54, 1.807) is 0 Å². The van der Waals surface area contributed by atoms with E-state index in [1.165, 1.54) is 32.4 Å². The van der Waals surface area contributed by atoms with E-state index in [4.69, 9.17) is 5.73 Å². The van der Waals surface area contributed by atoms with Crippen molar-refractivity contribution in [2.45, 2.75) is 31.3 Å². The van der Waals surface area contributed by atoms with Crippen LogP contribution in [0.4, 0.5) is 0 Å². The number of nitrogens with zero attached hydrogens (tertiary/aromatic N) is 2. The Kier molecular flexibility index (Phi) is 2.86. The normalized spacial score (nSPS) is 34.2. The number of likely N-dealkylation sites (tertiary alicyclic amines) is 2. The molecule has 0 aromatic heterocycles. The molecule has 0 aliphatic carbocycles. The third kappa shape index (κ3) is 2.22.